The first-order valence-electron chi connectivity index (χ1n) is 10.2. The van der Waals surface area contributed by atoms with Gasteiger partial charge in [0.25, 0.3) is 0 Å². The van der Waals surface area contributed by atoms with Gasteiger partial charge in [0, 0.05) is 23.9 Å². The molecule has 1 aliphatic heterocycles. The molecule has 0 fully saturated rings. The summed E-state index contributed by atoms with van der Waals surface area (Å²) in [5.74, 6) is 0.0670. The van der Waals surface area contributed by atoms with E-state index in [-0.39, 0.29) is 17.9 Å². The van der Waals surface area contributed by atoms with Gasteiger partial charge in [-0.1, -0.05) is 60.7 Å². The zero-order valence-electron chi connectivity index (χ0n) is 16.6. The summed E-state index contributed by atoms with van der Waals surface area (Å²) < 4.78 is 1.98. The van der Waals surface area contributed by atoms with Crippen LogP contribution in [0.2, 0.25) is 0 Å². The number of amides is 1. The number of carbonyl (C=O) groups excluding carboxylic acids is 1. The second kappa shape index (κ2) is 7.64. The number of rotatable bonds is 3. The Morgan fingerprint density at radius 1 is 0.800 bits per heavy atom. The number of carbonyl (C=O) groups is 1. The van der Waals surface area contributed by atoms with Crippen LogP contribution in [0.4, 0.5) is 0 Å². The van der Waals surface area contributed by atoms with Crippen LogP contribution in [0.25, 0.3) is 27.4 Å². The third kappa shape index (κ3) is 3.20. The Balaban J connectivity index is 1.47. The molecule has 0 bridgehead atoms. The summed E-state index contributed by atoms with van der Waals surface area (Å²) in [5.41, 5.74) is 4.12. The van der Waals surface area contributed by atoms with Crippen molar-refractivity contribution in [3.63, 3.8) is 0 Å². The van der Waals surface area contributed by atoms with E-state index in [1.807, 2.05) is 76.2 Å². The fourth-order valence-electron chi connectivity index (χ4n) is 4.29. The van der Waals surface area contributed by atoms with Crippen molar-refractivity contribution < 1.29 is 4.79 Å². The van der Waals surface area contributed by atoms with Crippen LogP contribution in [-0.2, 0) is 11.3 Å². The van der Waals surface area contributed by atoms with Gasteiger partial charge in [0.1, 0.15) is 6.54 Å². The van der Waals surface area contributed by atoms with Crippen LogP contribution in [0, 0.1) is 0 Å². The van der Waals surface area contributed by atoms with Crippen molar-refractivity contribution in [2.45, 2.75) is 13.0 Å². The van der Waals surface area contributed by atoms with Crippen molar-refractivity contribution >= 4 is 33.3 Å². The van der Waals surface area contributed by atoms with Crippen LogP contribution >= 0.6 is 0 Å². The summed E-state index contributed by atoms with van der Waals surface area (Å²) in [6, 6.07) is 25.4. The Morgan fingerprint density at radius 2 is 1.40 bits per heavy atom. The van der Waals surface area contributed by atoms with Crippen LogP contribution in [-0.4, -0.2) is 28.5 Å². The number of pyridine rings is 1. The Bertz CT molecular complexity index is 1280. The minimum atomic E-state index is 0.0123. The highest BCUT2D eigenvalue weighted by Gasteiger charge is 2.20. The fraction of sp³-hybridized carbons (Fsp3) is 0.154. The lowest BCUT2D eigenvalue weighted by molar-refractivity contribution is -0.131. The van der Waals surface area contributed by atoms with Crippen molar-refractivity contribution in [2.24, 2.45) is 0 Å². The van der Waals surface area contributed by atoms with Gasteiger partial charge in [-0.2, -0.15) is 0 Å². The molecule has 0 spiro atoms. The maximum atomic E-state index is 13.2. The first-order chi connectivity index (χ1) is 14.7. The van der Waals surface area contributed by atoms with E-state index in [2.05, 4.69) is 18.2 Å². The standard InChI is InChI=1S/C26H22N2O2/c29-25(27-16-14-20(15-17-27)19-8-2-1-3-9-19)18-28-23-12-6-4-10-21(23)26(30)22-11-5-7-13-24(22)28/h1-14H,15-18H2. The van der Waals surface area contributed by atoms with Gasteiger partial charge in [-0.25, -0.2) is 0 Å². The Labute approximate surface area is 174 Å². The first kappa shape index (κ1) is 18.4. The average molecular weight is 394 g/mol. The van der Waals surface area contributed by atoms with Gasteiger partial charge in [-0.05, 0) is 41.8 Å². The molecule has 0 saturated heterocycles. The molecule has 0 aliphatic carbocycles. The van der Waals surface area contributed by atoms with Gasteiger partial charge in [-0.15, -0.1) is 0 Å². The molecular weight excluding hydrogens is 372 g/mol. The molecule has 30 heavy (non-hydrogen) atoms. The molecule has 1 aromatic heterocycles. The topological polar surface area (TPSA) is 42.3 Å². The quantitative estimate of drug-likeness (QED) is 0.481. The normalized spacial score (nSPS) is 14.1. The van der Waals surface area contributed by atoms with E-state index >= 15 is 0 Å². The number of benzene rings is 3. The molecule has 0 N–H and O–H groups in total. The molecule has 2 heterocycles. The van der Waals surface area contributed by atoms with E-state index < -0.39 is 0 Å². The van der Waals surface area contributed by atoms with Gasteiger partial charge in [0.2, 0.25) is 5.91 Å². The second-order valence-electron chi connectivity index (χ2n) is 7.63. The molecule has 0 atom stereocenters. The Kier molecular flexibility index (Phi) is 4.68. The number of hydrogen-bond acceptors (Lipinski definition) is 2. The molecule has 5 rings (SSSR count). The highest BCUT2D eigenvalue weighted by atomic mass is 16.2. The number of hydrogen-bond donors (Lipinski definition) is 0. The predicted octanol–water partition coefficient (Wildman–Crippen LogP) is 4.47. The first-order valence-corrected chi connectivity index (χ1v) is 10.2. The van der Waals surface area contributed by atoms with Crippen LogP contribution in [0.3, 0.4) is 0 Å². The van der Waals surface area contributed by atoms with E-state index in [0.29, 0.717) is 23.9 Å². The molecule has 0 radical (unpaired) electrons. The third-order valence-electron chi connectivity index (χ3n) is 5.88. The molecule has 1 amide bonds. The molecule has 4 heteroatoms. The molecule has 0 saturated carbocycles. The van der Waals surface area contributed by atoms with Crippen molar-refractivity contribution in [3.8, 4) is 0 Å². The predicted molar refractivity (Wildman–Crippen MR) is 121 cm³/mol. The number of fused-ring (bicyclic) bond motifs is 2. The summed E-state index contributed by atoms with van der Waals surface area (Å²) in [6.45, 7) is 1.53. The van der Waals surface area contributed by atoms with Gasteiger partial charge >= 0.3 is 0 Å². The number of para-hydroxylation sites is 2. The fourth-order valence-corrected chi connectivity index (χ4v) is 4.29. The Hall–Kier alpha value is -3.66. The zero-order valence-corrected chi connectivity index (χ0v) is 16.6. The highest BCUT2D eigenvalue weighted by molar-refractivity contribution is 5.95. The second-order valence-corrected chi connectivity index (χ2v) is 7.63. The van der Waals surface area contributed by atoms with E-state index in [1.54, 1.807) is 0 Å². The molecule has 148 valence electrons. The molecule has 3 aromatic carbocycles. The number of nitrogens with zero attached hydrogens (tertiary/aromatic N) is 2. The maximum absolute atomic E-state index is 13.2. The van der Waals surface area contributed by atoms with Crippen LogP contribution in [0.1, 0.15) is 12.0 Å². The lowest BCUT2D eigenvalue weighted by atomic mass is 9.99. The minimum Gasteiger partial charge on any atom is -0.337 e. The largest absolute Gasteiger partial charge is 0.337 e. The van der Waals surface area contributed by atoms with Crippen LogP contribution in [0.5, 0.6) is 0 Å². The van der Waals surface area contributed by atoms with E-state index in [9.17, 15) is 9.59 Å². The van der Waals surface area contributed by atoms with E-state index in [4.69, 9.17) is 0 Å². The average Bonchev–Trinajstić information content (AvgIpc) is 2.82. The van der Waals surface area contributed by atoms with Gasteiger partial charge in [0.15, 0.2) is 5.43 Å². The van der Waals surface area contributed by atoms with Crippen molar-refractivity contribution in [1.29, 1.82) is 0 Å². The molecule has 4 nitrogen and oxygen atoms in total. The summed E-state index contributed by atoms with van der Waals surface area (Å²) in [7, 11) is 0. The zero-order chi connectivity index (χ0) is 20.5. The van der Waals surface area contributed by atoms with Gasteiger partial charge in [-0.3, -0.25) is 9.59 Å². The van der Waals surface area contributed by atoms with E-state index in [0.717, 1.165) is 17.5 Å². The van der Waals surface area contributed by atoms with Crippen LogP contribution < -0.4 is 5.43 Å². The lowest BCUT2D eigenvalue weighted by Crippen LogP contribution is -2.37. The van der Waals surface area contributed by atoms with Crippen LogP contribution in [0.15, 0.2) is 89.7 Å². The third-order valence-corrected chi connectivity index (χ3v) is 5.88. The summed E-state index contributed by atoms with van der Waals surface area (Å²) in [6.07, 6.45) is 3.00. The van der Waals surface area contributed by atoms with E-state index in [1.165, 1.54) is 11.1 Å². The van der Waals surface area contributed by atoms with Crippen molar-refractivity contribution in [2.75, 3.05) is 13.1 Å². The summed E-state index contributed by atoms with van der Waals surface area (Å²) in [5, 5.41) is 1.29. The monoisotopic (exact) mass is 394 g/mol. The Morgan fingerprint density at radius 3 is 2.00 bits per heavy atom. The molecule has 4 aromatic rings. The summed E-state index contributed by atoms with van der Waals surface area (Å²) >= 11 is 0. The maximum Gasteiger partial charge on any atom is 0.242 e. The van der Waals surface area contributed by atoms with Gasteiger partial charge in [0.05, 0.1) is 11.0 Å². The van der Waals surface area contributed by atoms with Crippen molar-refractivity contribution in [1.82, 2.24) is 9.47 Å². The SMILES string of the molecule is O=C(Cn1c2ccccc2c(=O)c2ccccc21)N1CC=C(c2ccccc2)CC1. The van der Waals surface area contributed by atoms with Crippen molar-refractivity contribution in [3.05, 3.63) is 101 Å². The molecular formula is C26H22N2O2. The molecule has 1 aliphatic rings. The summed E-state index contributed by atoms with van der Waals surface area (Å²) in [4.78, 5) is 28.0. The minimum absolute atomic E-state index is 0.0123. The molecule has 0 unspecified atom stereocenters. The smallest absolute Gasteiger partial charge is 0.242 e. The number of aromatic nitrogens is 1. The van der Waals surface area contributed by atoms with Gasteiger partial charge < -0.3 is 9.47 Å². The highest BCUT2D eigenvalue weighted by Crippen LogP contribution is 2.23. The lowest BCUT2D eigenvalue weighted by Gasteiger charge is -2.27.